The summed E-state index contributed by atoms with van der Waals surface area (Å²) in [7, 11) is 1.65. The molecule has 0 aromatic heterocycles. The minimum Gasteiger partial charge on any atom is -0.497 e. The third-order valence-corrected chi connectivity index (χ3v) is 4.21. The first-order chi connectivity index (χ1) is 11.3. The molecule has 114 valence electrons. The molecule has 0 aliphatic carbocycles. The maximum atomic E-state index is 12.6. The van der Waals surface area contributed by atoms with Crippen LogP contribution in [0, 0.1) is 0 Å². The van der Waals surface area contributed by atoms with E-state index >= 15 is 0 Å². The van der Waals surface area contributed by atoms with Gasteiger partial charge < -0.3 is 9.47 Å². The van der Waals surface area contributed by atoms with Crippen LogP contribution >= 0.6 is 0 Å². The SMILES string of the molecule is COc1ccc2cc(C(=O)[C@@H]3O[C@H]3c3ccccc3)ccc2c1. The minimum atomic E-state index is -0.368. The van der Waals surface area contributed by atoms with Crippen LogP contribution in [0.25, 0.3) is 10.8 Å². The second-order valence-corrected chi connectivity index (χ2v) is 5.68. The summed E-state index contributed by atoms with van der Waals surface area (Å²) >= 11 is 0. The van der Waals surface area contributed by atoms with Gasteiger partial charge in [0, 0.05) is 5.56 Å². The molecule has 4 rings (SSSR count). The van der Waals surface area contributed by atoms with E-state index in [9.17, 15) is 4.79 Å². The van der Waals surface area contributed by atoms with Gasteiger partial charge in [-0.3, -0.25) is 4.79 Å². The van der Waals surface area contributed by atoms with Gasteiger partial charge in [0.05, 0.1) is 7.11 Å². The molecule has 0 amide bonds. The van der Waals surface area contributed by atoms with E-state index in [0.29, 0.717) is 5.56 Å². The minimum absolute atomic E-state index is 0.0385. The molecule has 0 spiro atoms. The molecule has 0 bridgehead atoms. The van der Waals surface area contributed by atoms with Crippen LogP contribution in [-0.2, 0) is 4.74 Å². The summed E-state index contributed by atoms with van der Waals surface area (Å²) < 4.78 is 10.8. The molecule has 3 heteroatoms. The first-order valence-corrected chi connectivity index (χ1v) is 7.59. The smallest absolute Gasteiger partial charge is 0.194 e. The first-order valence-electron chi connectivity index (χ1n) is 7.59. The maximum absolute atomic E-state index is 12.6. The summed E-state index contributed by atoms with van der Waals surface area (Å²) in [5.74, 6) is 0.850. The van der Waals surface area contributed by atoms with Crippen molar-refractivity contribution in [3.05, 3.63) is 77.9 Å². The standard InChI is InChI=1S/C20H16O3/c1-22-17-10-9-14-11-16(8-7-15(14)12-17)18(21)20-19(23-20)13-5-3-2-4-6-13/h2-12,19-20H,1H3/t19-,20-/m0/s1. The van der Waals surface area contributed by atoms with Crippen LogP contribution in [-0.4, -0.2) is 19.0 Å². The number of benzene rings is 3. The van der Waals surface area contributed by atoms with E-state index in [2.05, 4.69) is 0 Å². The second kappa shape index (κ2) is 5.52. The Morgan fingerprint density at radius 1 is 0.957 bits per heavy atom. The number of carbonyl (C=O) groups is 1. The van der Waals surface area contributed by atoms with E-state index in [4.69, 9.17) is 9.47 Å². The van der Waals surface area contributed by atoms with Gasteiger partial charge in [-0.25, -0.2) is 0 Å². The van der Waals surface area contributed by atoms with E-state index in [1.807, 2.05) is 66.7 Å². The van der Waals surface area contributed by atoms with Crippen molar-refractivity contribution in [2.24, 2.45) is 0 Å². The van der Waals surface area contributed by atoms with Crippen LogP contribution in [0.15, 0.2) is 66.7 Å². The summed E-state index contributed by atoms with van der Waals surface area (Å²) in [6.07, 6.45) is -0.483. The van der Waals surface area contributed by atoms with Crippen molar-refractivity contribution >= 4 is 16.6 Å². The Morgan fingerprint density at radius 2 is 1.70 bits per heavy atom. The van der Waals surface area contributed by atoms with Crippen molar-refractivity contribution in [1.29, 1.82) is 0 Å². The van der Waals surface area contributed by atoms with Gasteiger partial charge >= 0.3 is 0 Å². The van der Waals surface area contributed by atoms with Crippen LogP contribution in [0.4, 0.5) is 0 Å². The summed E-state index contributed by atoms with van der Waals surface area (Å²) in [6.45, 7) is 0. The molecule has 3 nitrogen and oxygen atoms in total. The van der Waals surface area contributed by atoms with Crippen molar-refractivity contribution in [2.45, 2.75) is 12.2 Å². The lowest BCUT2D eigenvalue weighted by Gasteiger charge is -2.04. The van der Waals surface area contributed by atoms with Gasteiger partial charge in [-0.1, -0.05) is 48.5 Å². The quantitative estimate of drug-likeness (QED) is 0.536. The average Bonchev–Trinajstić information content (AvgIpc) is 3.41. The summed E-state index contributed by atoms with van der Waals surface area (Å²) in [5.41, 5.74) is 1.74. The normalized spacial score (nSPS) is 19.5. The molecular weight excluding hydrogens is 288 g/mol. The number of methoxy groups -OCH3 is 1. The zero-order chi connectivity index (χ0) is 15.8. The van der Waals surface area contributed by atoms with E-state index in [1.165, 1.54) is 0 Å². The van der Waals surface area contributed by atoms with Crippen molar-refractivity contribution < 1.29 is 14.3 Å². The van der Waals surface area contributed by atoms with Gasteiger partial charge in [-0.15, -0.1) is 0 Å². The third kappa shape index (κ3) is 2.60. The van der Waals surface area contributed by atoms with Crippen LogP contribution < -0.4 is 4.74 Å². The topological polar surface area (TPSA) is 38.8 Å². The predicted octanol–water partition coefficient (Wildman–Crippen LogP) is 4.17. The Hall–Kier alpha value is -2.65. The highest BCUT2D eigenvalue weighted by Crippen LogP contribution is 2.40. The lowest BCUT2D eigenvalue weighted by atomic mass is 10.00. The molecule has 0 N–H and O–H groups in total. The van der Waals surface area contributed by atoms with Gasteiger partial charge in [0.25, 0.3) is 0 Å². The van der Waals surface area contributed by atoms with E-state index < -0.39 is 0 Å². The number of carbonyl (C=O) groups excluding carboxylic acids is 1. The molecule has 0 radical (unpaired) electrons. The molecule has 1 saturated heterocycles. The zero-order valence-corrected chi connectivity index (χ0v) is 12.7. The third-order valence-electron chi connectivity index (χ3n) is 4.21. The van der Waals surface area contributed by atoms with Gasteiger partial charge in [-0.05, 0) is 34.5 Å². The van der Waals surface area contributed by atoms with Crippen LogP contribution in [0.3, 0.4) is 0 Å². The molecule has 1 fully saturated rings. The lowest BCUT2D eigenvalue weighted by molar-refractivity contribution is 0.0954. The fourth-order valence-electron chi connectivity index (χ4n) is 2.88. The molecule has 1 aliphatic heterocycles. The number of hydrogen-bond donors (Lipinski definition) is 0. The molecule has 23 heavy (non-hydrogen) atoms. The number of fused-ring (bicyclic) bond motifs is 1. The molecule has 2 atom stereocenters. The van der Waals surface area contributed by atoms with Crippen molar-refractivity contribution in [1.82, 2.24) is 0 Å². The predicted molar refractivity (Wildman–Crippen MR) is 88.9 cm³/mol. The molecule has 3 aromatic rings. The fraction of sp³-hybridized carbons (Fsp3) is 0.150. The molecule has 3 aromatic carbocycles. The van der Waals surface area contributed by atoms with Crippen LogP contribution in [0.2, 0.25) is 0 Å². The molecule has 0 saturated carbocycles. The molecule has 1 heterocycles. The molecule has 0 unspecified atom stereocenters. The van der Waals surface area contributed by atoms with Crippen molar-refractivity contribution in [3.63, 3.8) is 0 Å². The van der Waals surface area contributed by atoms with Crippen LogP contribution in [0.5, 0.6) is 5.75 Å². The van der Waals surface area contributed by atoms with Gasteiger partial charge in [0.15, 0.2) is 11.9 Å². The van der Waals surface area contributed by atoms with Gasteiger partial charge in [0.1, 0.15) is 11.9 Å². The highest BCUT2D eigenvalue weighted by atomic mass is 16.6. The number of ketones is 1. The average molecular weight is 304 g/mol. The van der Waals surface area contributed by atoms with Crippen LogP contribution in [0.1, 0.15) is 22.0 Å². The molecular formula is C20H16O3. The Morgan fingerprint density at radius 3 is 2.48 bits per heavy atom. The number of ether oxygens (including phenoxy) is 2. The first kappa shape index (κ1) is 14.0. The highest BCUT2D eigenvalue weighted by molar-refractivity contribution is 6.04. The van der Waals surface area contributed by atoms with Gasteiger partial charge in [0.2, 0.25) is 0 Å². The Balaban J connectivity index is 1.59. The van der Waals surface area contributed by atoms with Crippen molar-refractivity contribution in [3.8, 4) is 5.75 Å². The van der Waals surface area contributed by atoms with Gasteiger partial charge in [-0.2, -0.15) is 0 Å². The number of rotatable bonds is 4. The largest absolute Gasteiger partial charge is 0.497 e. The van der Waals surface area contributed by atoms with E-state index in [0.717, 1.165) is 22.1 Å². The maximum Gasteiger partial charge on any atom is 0.194 e. The Labute approximate surface area is 134 Å². The number of hydrogen-bond acceptors (Lipinski definition) is 3. The van der Waals surface area contributed by atoms with E-state index in [-0.39, 0.29) is 18.0 Å². The monoisotopic (exact) mass is 304 g/mol. The zero-order valence-electron chi connectivity index (χ0n) is 12.7. The second-order valence-electron chi connectivity index (χ2n) is 5.68. The number of epoxide rings is 1. The Kier molecular flexibility index (Phi) is 3.36. The summed E-state index contributed by atoms with van der Waals surface area (Å²) in [6, 6.07) is 21.4. The Bertz CT molecular complexity index is 870. The van der Waals surface area contributed by atoms with Crippen molar-refractivity contribution in [2.75, 3.05) is 7.11 Å². The summed E-state index contributed by atoms with van der Waals surface area (Å²) in [5, 5.41) is 2.07. The summed E-state index contributed by atoms with van der Waals surface area (Å²) in [4.78, 5) is 12.6. The number of Topliss-reactive ketones (excluding diaryl/α,β-unsaturated/α-hetero) is 1. The lowest BCUT2D eigenvalue weighted by Crippen LogP contribution is -2.08. The highest BCUT2D eigenvalue weighted by Gasteiger charge is 2.46. The molecule has 1 aliphatic rings. The fourth-order valence-corrected chi connectivity index (χ4v) is 2.88. The van der Waals surface area contributed by atoms with E-state index in [1.54, 1.807) is 7.11 Å².